The van der Waals surface area contributed by atoms with Crippen molar-refractivity contribution in [2.45, 2.75) is 6.10 Å². The van der Waals surface area contributed by atoms with Gasteiger partial charge in [-0.15, -0.1) is 0 Å². The van der Waals surface area contributed by atoms with E-state index < -0.39 is 0 Å². The average molecular weight is 228 g/mol. The molecule has 2 nitrogen and oxygen atoms in total. The van der Waals surface area contributed by atoms with Gasteiger partial charge in [0.1, 0.15) is 12.9 Å². The van der Waals surface area contributed by atoms with Crippen LogP contribution in [0.25, 0.3) is 0 Å². The molecule has 2 aromatic carbocycles. The highest BCUT2D eigenvalue weighted by Gasteiger charge is 2.13. The van der Waals surface area contributed by atoms with Crippen molar-refractivity contribution in [3.63, 3.8) is 0 Å². The second kappa shape index (κ2) is 6.18. The third-order valence-corrected chi connectivity index (χ3v) is 2.56. The minimum atomic E-state index is -0.0719. The molecule has 0 saturated carbocycles. The molecule has 0 saturated heterocycles. The first-order valence-corrected chi connectivity index (χ1v) is 5.62. The Bertz CT molecular complexity index is 386. The average Bonchev–Trinajstić information content (AvgIpc) is 2.42. The summed E-state index contributed by atoms with van der Waals surface area (Å²) in [7, 11) is 1.63. The lowest BCUT2D eigenvalue weighted by atomic mass is 10.0. The monoisotopic (exact) mass is 228 g/mol. The molecule has 0 spiro atoms. The SMILES string of the molecule is COCOC(c1ccccc1)c1ccccc1. The highest BCUT2D eigenvalue weighted by Crippen LogP contribution is 2.25. The van der Waals surface area contributed by atoms with E-state index in [2.05, 4.69) is 24.3 Å². The van der Waals surface area contributed by atoms with Crippen LogP contribution in [0.3, 0.4) is 0 Å². The number of methoxy groups -OCH3 is 1. The maximum atomic E-state index is 5.74. The summed E-state index contributed by atoms with van der Waals surface area (Å²) in [6, 6.07) is 20.3. The summed E-state index contributed by atoms with van der Waals surface area (Å²) in [4.78, 5) is 0. The summed E-state index contributed by atoms with van der Waals surface area (Å²) >= 11 is 0. The summed E-state index contributed by atoms with van der Waals surface area (Å²) in [6.07, 6.45) is -0.0719. The molecule has 0 bridgehead atoms. The molecular formula is C15H16O2. The van der Waals surface area contributed by atoms with Crippen molar-refractivity contribution in [2.24, 2.45) is 0 Å². The van der Waals surface area contributed by atoms with Gasteiger partial charge in [0.15, 0.2) is 0 Å². The Morgan fingerprint density at radius 3 is 1.71 bits per heavy atom. The van der Waals surface area contributed by atoms with Crippen LogP contribution in [0.5, 0.6) is 0 Å². The molecule has 0 heterocycles. The lowest BCUT2D eigenvalue weighted by Crippen LogP contribution is -2.08. The maximum Gasteiger partial charge on any atom is 0.147 e. The zero-order valence-corrected chi connectivity index (χ0v) is 9.87. The normalized spacial score (nSPS) is 10.7. The van der Waals surface area contributed by atoms with Crippen LogP contribution in [0.1, 0.15) is 17.2 Å². The molecule has 0 aliphatic rings. The van der Waals surface area contributed by atoms with Crippen LogP contribution in [0.15, 0.2) is 60.7 Å². The minimum absolute atomic E-state index is 0.0719. The standard InChI is InChI=1S/C15H16O2/c1-16-12-17-15(13-8-4-2-5-9-13)14-10-6-3-7-11-14/h2-11,15H,12H2,1H3. The Morgan fingerprint density at radius 2 is 1.29 bits per heavy atom. The van der Waals surface area contributed by atoms with E-state index in [1.807, 2.05) is 36.4 Å². The summed E-state index contributed by atoms with van der Waals surface area (Å²) in [5, 5.41) is 0. The van der Waals surface area contributed by atoms with E-state index in [1.54, 1.807) is 7.11 Å². The fraction of sp³-hybridized carbons (Fsp3) is 0.200. The van der Waals surface area contributed by atoms with Gasteiger partial charge in [0, 0.05) is 7.11 Å². The van der Waals surface area contributed by atoms with Gasteiger partial charge in [-0.25, -0.2) is 0 Å². The number of rotatable bonds is 5. The van der Waals surface area contributed by atoms with E-state index in [0.29, 0.717) is 0 Å². The second-order valence-corrected chi connectivity index (χ2v) is 3.77. The predicted molar refractivity (Wildman–Crippen MR) is 67.7 cm³/mol. The predicted octanol–water partition coefficient (Wildman–Crippen LogP) is 3.40. The van der Waals surface area contributed by atoms with Crippen molar-refractivity contribution in [2.75, 3.05) is 13.9 Å². The Morgan fingerprint density at radius 1 is 0.824 bits per heavy atom. The first-order valence-electron chi connectivity index (χ1n) is 5.62. The van der Waals surface area contributed by atoms with Gasteiger partial charge in [0.2, 0.25) is 0 Å². The van der Waals surface area contributed by atoms with E-state index in [-0.39, 0.29) is 12.9 Å². The van der Waals surface area contributed by atoms with Crippen molar-refractivity contribution in [3.8, 4) is 0 Å². The van der Waals surface area contributed by atoms with Gasteiger partial charge in [-0.3, -0.25) is 0 Å². The lowest BCUT2D eigenvalue weighted by molar-refractivity contribution is -0.0591. The zero-order valence-electron chi connectivity index (χ0n) is 9.87. The van der Waals surface area contributed by atoms with Gasteiger partial charge >= 0.3 is 0 Å². The molecule has 0 aliphatic carbocycles. The van der Waals surface area contributed by atoms with Crippen molar-refractivity contribution >= 4 is 0 Å². The Balaban J connectivity index is 2.26. The fourth-order valence-corrected chi connectivity index (χ4v) is 1.78. The van der Waals surface area contributed by atoms with Gasteiger partial charge in [-0.1, -0.05) is 60.7 Å². The number of benzene rings is 2. The van der Waals surface area contributed by atoms with Crippen molar-refractivity contribution in [3.05, 3.63) is 71.8 Å². The van der Waals surface area contributed by atoms with E-state index in [1.165, 1.54) is 0 Å². The van der Waals surface area contributed by atoms with Crippen LogP contribution in [0.2, 0.25) is 0 Å². The lowest BCUT2D eigenvalue weighted by Gasteiger charge is -2.18. The zero-order chi connectivity index (χ0) is 11.9. The van der Waals surface area contributed by atoms with Gasteiger partial charge in [0.25, 0.3) is 0 Å². The highest BCUT2D eigenvalue weighted by molar-refractivity contribution is 5.29. The first kappa shape index (κ1) is 11.8. The van der Waals surface area contributed by atoms with Crippen LogP contribution >= 0.6 is 0 Å². The summed E-state index contributed by atoms with van der Waals surface area (Å²) in [5.74, 6) is 0. The van der Waals surface area contributed by atoms with E-state index in [0.717, 1.165) is 11.1 Å². The largest absolute Gasteiger partial charge is 0.359 e. The van der Waals surface area contributed by atoms with Gasteiger partial charge in [-0.05, 0) is 11.1 Å². The minimum Gasteiger partial charge on any atom is -0.359 e. The quantitative estimate of drug-likeness (QED) is 0.730. The van der Waals surface area contributed by atoms with Crippen LogP contribution in [0.4, 0.5) is 0 Å². The summed E-state index contributed by atoms with van der Waals surface area (Å²) in [5.41, 5.74) is 2.27. The number of hydrogen-bond donors (Lipinski definition) is 0. The van der Waals surface area contributed by atoms with Crippen LogP contribution in [0, 0.1) is 0 Å². The smallest absolute Gasteiger partial charge is 0.147 e. The number of hydrogen-bond acceptors (Lipinski definition) is 2. The molecule has 0 radical (unpaired) electrons. The number of ether oxygens (including phenoxy) is 2. The third-order valence-electron chi connectivity index (χ3n) is 2.56. The topological polar surface area (TPSA) is 18.5 Å². The van der Waals surface area contributed by atoms with Crippen LogP contribution in [-0.2, 0) is 9.47 Å². The third kappa shape index (κ3) is 3.16. The molecule has 0 aliphatic heterocycles. The maximum absolute atomic E-state index is 5.74. The Kier molecular flexibility index (Phi) is 4.30. The van der Waals surface area contributed by atoms with Gasteiger partial charge in [0.05, 0.1) is 0 Å². The van der Waals surface area contributed by atoms with Crippen LogP contribution < -0.4 is 0 Å². The van der Waals surface area contributed by atoms with Crippen molar-refractivity contribution in [1.82, 2.24) is 0 Å². The van der Waals surface area contributed by atoms with E-state index >= 15 is 0 Å². The van der Waals surface area contributed by atoms with Gasteiger partial charge < -0.3 is 9.47 Å². The van der Waals surface area contributed by atoms with Gasteiger partial charge in [-0.2, -0.15) is 0 Å². The molecule has 17 heavy (non-hydrogen) atoms. The first-order chi connectivity index (χ1) is 8.42. The molecule has 2 aromatic rings. The highest BCUT2D eigenvalue weighted by atomic mass is 16.7. The molecule has 2 rings (SSSR count). The Labute approximate surface area is 102 Å². The van der Waals surface area contributed by atoms with E-state index in [4.69, 9.17) is 9.47 Å². The summed E-state index contributed by atoms with van der Waals surface area (Å²) in [6.45, 7) is 0.286. The molecule has 88 valence electrons. The molecular weight excluding hydrogens is 212 g/mol. The van der Waals surface area contributed by atoms with E-state index in [9.17, 15) is 0 Å². The molecule has 2 heteroatoms. The molecule has 0 N–H and O–H groups in total. The molecule has 0 amide bonds. The van der Waals surface area contributed by atoms with Crippen molar-refractivity contribution in [1.29, 1.82) is 0 Å². The Hall–Kier alpha value is -1.64. The molecule has 0 fully saturated rings. The van der Waals surface area contributed by atoms with Crippen LogP contribution in [-0.4, -0.2) is 13.9 Å². The molecule has 0 atom stereocenters. The summed E-state index contributed by atoms with van der Waals surface area (Å²) < 4.78 is 10.7. The fourth-order valence-electron chi connectivity index (χ4n) is 1.78. The molecule has 0 aromatic heterocycles. The second-order valence-electron chi connectivity index (χ2n) is 3.77. The molecule has 0 unspecified atom stereocenters. The van der Waals surface area contributed by atoms with Crippen molar-refractivity contribution < 1.29 is 9.47 Å².